The number of rotatable bonds is 6. The minimum atomic E-state index is -0.384. The molecule has 1 aromatic heterocycles. The SMILES string of the molecule is Cc1ccc(N(C(=O)c2ccco2)C2CCN(Cc3ccc([N+](=O)[O-])cc3)CC2)cc1. The number of nitro benzene ring substituents is 1. The van der Waals surface area contributed by atoms with Crippen molar-refractivity contribution in [2.24, 2.45) is 0 Å². The summed E-state index contributed by atoms with van der Waals surface area (Å²) in [6, 6.07) is 18.2. The van der Waals surface area contributed by atoms with Gasteiger partial charge in [-0.25, -0.2) is 0 Å². The molecule has 1 saturated heterocycles. The first-order valence-electron chi connectivity index (χ1n) is 10.4. The maximum absolute atomic E-state index is 13.2. The molecule has 4 rings (SSSR count). The van der Waals surface area contributed by atoms with E-state index >= 15 is 0 Å². The Labute approximate surface area is 181 Å². The summed E-state index contributed by atoms with van der Waals surface area (Å²) in [5.41, 5.74) is 3.17. The van der Waals surface area contributed by atoms with Gasteiger partial charge in [-0.1, -0.05) is 29.8 Å². The smallest absolute Gasteiger partial charge is 0.294 e. The Kier molecular flexibility index (Phi) is 6.13. The van der Waals surface area contributed by atoms with Gasteiger partial charge in [0.2, 0.25) is 0 Å². The molecule has 2 aromatic carbocycles. The van der Waals surface area contributed by atoms with Gasteiger partial charge in [0, 0.05) is 43.5 Å². The van der Waals surface area contributed by atoms with Gasteiger partial charge in [0.05, 0.1) is 11.2 Å². The van der Waals surface area contributed by atoms with E-state index in [-0.39, 0.29) is 22.6 Å². The molecule has 160 valence electrons. The average Bonchev–Trinajstić information content (AvgIpc) is 3.32. The highest BCUT2D eigenvalue weighted by Crippen LogP contribution is 2.27. The summed E-state index contributed by atoms with van der Waals surface area (Å²) in [4.78, 5) is 27.8. The number of amides is 1. The summed E-state index contributed by atoms with van der Waals surface area (Å²) < 4.78 is 5.39. The third-order valence-corrected chi connectivity index (χ3v) is 5.74. The number of hydrogen-bond acceptors (Lipinski definition) is 5. The first-order valence-corrected chi connectivity index (χ1v) is 10.4. The summed E-state index contributed by atoms with van der Waals surface area (Å²) >= 11 is 0. The number of likely N-dealkylation sites (tertiary alicyclic amines) is 1. The van der Waals surface area contributed by atoms with Crippen LogP contribution in [0.1, 0.15) is 34.5 Å². The monoisotopic (exact) mass is 419 g/mol. The molecule has 1 fully saturated rings. The first-order chi connectivity index (χ1) is 15.0. The minimum absolute atomic E-state index is 0.0772. The molecule has 1 aliphatic rings. The second kappa shape index (κ2) is 9.14. The lowest BCUT2D eigenvalue weighted by Gasteiger charge is -2.38. The summed E-state index contributed by atoms with van der Waals surface area (Å²) in [7, 11) is 0. The molecule has 0 unspecified atom stereocenters. The van der Waals surface area contributed by atoms with E-state index in [0.29, 0.717) is 5.76 Å². The van der Waals surface area contributed by atoms with Crippen LogP contribution >= 0.6 is 0 Å². The maximum atomic E-state index is 13.2. The first kappa shape index (κ1) is 20.8. The quantitative estimate of drug-likeness (QED) is 0.423. The molecule has 0 atom stereocenters. The van der Waals surface area contributed by atoms with Crippen molar-refractivity contribution in [3.63, 3.8) is 0 Å². The number of carbonyl (C=O) groups is 1. The Hall–Kier alpha value is -3.45. The second-order valence-corrected chi connectivity index (χ2v) is 7.92. The summed E-state index contributed by atoms with van der Waals surface area (Å²) in [6.07, 6.45) is 3.20. The number of nitrogens with zero attached hydrogens (tertiary/aromatic N) is 3. The van der Waals surface area contributed by atoms with Gasteiger partial charge in [-0.3, -0.25) is 19.8 Å². The molecular formula is C24H25N3O4. The molecule has 31 heavy (non-hydrogen) atoms. The lowest BCUT2D eigenvalue weighted by molar-refractivity contribution is -0.384. The van der Waals surface area contributed by atoms with Gasteiger partial charge in [-0.05, 0) is 49.6 Å². The fourth-order valence-electron chi connectivity index (χ4n) is 4.04. The van der Waals surface area contributed by atoms with Crippen molar-refractivity contribution in [1.82, 2.24) is 4.90 Å². The van der Waals surface area contributed by atoms with E-state index in [2.05, 4.69) is 4.90 Å². The number of hydrogen-bond donors (Lipinski definition) is 0. The number of nitro groups is 1. The van der Waals surface area contributed by atoms with Crippen molar-refractivity contribution in [2.45, 2.75) is 32.4 Å². The molecule has 0 saturated carbocycles. The second-order valence-electron chi connectivity index (χ2n) is 7.92. The van der Waals surface area contributed by atoms with Crippen LogP contribution < -0.4 is 4.90 Å². The topological polar surface area (TPSA) is 79.8 Å². The Morgan fingerprint density at radius 3 is 2.35 bits per heavy atom. The van der Waals surface area contributed by atoms with E-state index in [0.717, 1.165) is 49.3 Å². The largest absolute Gasteiger partial charge is 0.459 e. The number of anilines is 1. The summed E-state index contributed by atoms with van der Waals surface area (Å²) in [6.45, 7) is 4.45. The van der Waals surface area contributed by atoms with Gasteiger partial charge in [0.1, 0.15) is 0 Å². The average molecular weight is 419 g/mol. The molecule has 7 nitrogen and oxygen atoms in total. The highest BCUT2D eigenvalue weighted by molar-refractivity contribution is 6.04. The number of piperidine rings is 1. The van der Waals surface area contributed by atoms with Gasteiger partial charge >= 0.3 is 0 Å². The Balaban J connectivity index is 1.45. The van der Waals surface area contributed by atoms with Crippen LogP contribution in [0.3, 0.4) is 0 Å². The predicted molar refractivity (Wildman–Crippen MR) is 118 cm³/mol. The molecule has 0 N–H and O–H groups in total. The maximum Gasteiger partial charge on any atom is 0.294 e. The molecule has 3 aromatic rings. The van der Waals surface area contributed by atoms with Crippen molar-refractivity contribution >= 4 is 17.3 Å². The molecule has 7 heteroatoms. The van der Waals surface area contributed by atoms with E-state index < -0.39 is 0 Å². The van der Waals surface area contributed by atoms with Gasteiger partial charge in [0.25, 0.3) is 11.6 Å². The zero-order chi connectivity index (χ0) is 21.8. The van der Waals surface area contributed by atoms with Crippen molar-refractivity contribution in [1.29, 1.82) is 0 Å². The number of furan rings is 1. The Bertz CT molecular complexity index is 1020. The third kappa shape index (κ3) is 4.83. The van der Waals surface area contributed by atoms with Crippen LogP contribution in [0.15, 0.2) is 71.3 Å². The molecular weight excluding hydrogens is 394 g/mol. The molecule has 0 aliphatic carbocycles. The Morgan fingerprint density at radius 1 is 1.10 bits per heavy atom. The fourth-order valence-corrected chi connectivity index (χ4v) is 4.04. The van der Waals surface area contributed by atoms with Crippen LogP contribution in [0.4, 0.5) is 11.4 Å². The number of benzene rings is 2. The van der Waals surface area contributed by atoms with Gasteiger partial charge in [-0.2, -0.15) is 0 Å². The van der Waals surface area contributed by atoms with Crippen LogP contribution in [0.25, 0.3) is 0 Å². The van der Waals surface area contributed by atoms with Crippen LogP contribution in [-0.4, -0.2) is 34.9 Å². The zero-order valence-electron chi connectivity index (χ0n) is 17.4. The van der Waals surface area contributed by atoms with E-state index in [1.807, 2.05) is 48.2 Å². The van der Waals surface area contributed by atoms with Crippen molar-refractivity contribution in [3.8, 4) is 0 Å². The van der Waals surface area contributed by atoms with E-state index in [1.165, 1.54) is 6.26 Å². The van der Waals surface area contributed by atoms with Gasteiger partial charge in [0.15, 0.2) is 5.76 Å². The summed E-state index contributed by atoms with van der Waals surface area (Å²) in [5, 5.41) is 10.8. The van der Waals surface area contributed by atoms with E-state index in [4.69, 9.17) is 4.42 Å². The molecule has 0 radical (unpaired) electrons. The Morgan fingerprint density at radius 2 is 1.77 bits per heavy atom. The highest BCUT2D eigenvalue weighted by Gasteiger charge is 2.31. The predicted octanol–water partition coefficient (Wildman–Crippen LogP) is 4.81. The highest BCUT2D eigenvalue weighted by atomic mass is 16.6. The van der Waals surface area contributed by atoms with Crippen molar-refractivity contribution < 1.29 is 14.1 Å². The van der Waals surface area contributed by atoms with Crippen LogP contribution in [0, 0.1) is 17.0 Å². The summed E-state index contributed by atoms with van der Waals surface area (Å²) in [5.74, 6) is 0.219. The minimum Gasteiger partial charge on any atom is -0.459 e. The van der Waals surface area contributed by atoms with Gasteiger partial charge in [-0.15, -0.1) is 0 Å². The molecule has 2 heterocycles. The van der Waals surface area contributed by atoms with Crippen LogP contribution in [-0.2, 0) is 6.54 Å². The molecule has 0 bridgehead atoms. The number of carbonyl (C=O) groups excluding carboxylic acids is 1. The van der Waals surface area contributed by atoms with Crippen molar-refractivity contribution in [2.75, 3.05) is 18.0 Å². The molecule has 1 amide bonds. The van der Waals surface area contributed by atoms with Crippen LogP contribution in [0.2, 0.25) is 0 Å². The van der Waals surface area contributed by atoms with E-state index in [1.54, 1.807) is 24.3 Å². The van der Waals surface area contributed by atoms with Crippen LogP contribution in [0.5, 0.6) is 0 Å². The fraction of sp³-hybridized carbons (Fsp3) is 0.292. The normalized spacial score (nSPS) is 15.0. The zero-order valence-corrected chi connectivity index (χ0v) is 17.4. The standard InChI is InChI=1S/C24H25N3O4/c1-18-4-8-20(9-5-18)26(24(28)23-3-2-16-31-23)21-12-14-25(15-13-21)17-19-6-10-22(11-7-19)27(29)30/h2-11,16,21H,12-15,17H2,1H3. The lowest BCUT2D eigenvalue weighted by Crippen LogP contribution is -2.47. The van der Waals surface area contributed by atoms with E-state index in [9.17, 15) is 14.9 Å². The molecule has 1 aliphatic heterocycles. The van der Waals surface area contributed by atoms with Crippen molar-refractivity contribution in [3.05, 3.63) is 93.9 Å². The lowest BCUT2D eigenvalue weighted by atomic mass is 10.0. The molecule has 0 spiro atoms. The third-order valence-electron chi connectivity index (χ3n) is 5.74. The number of non-ortho nitro benzene ring substituents is 1. The van der Waals surface area contributed by atoms with Gasteiger partial charge < -0.3 is 9.32 Å². The number of aryl methyl sites for hydroxylation is 1.